The van der Waals surface area contributed by atoms with Gasteiger partial charge in [0.1, 0.15) is 11.9 Å². The molecule has 6 nitrogen and oxygen atoms in total. The summed E-state index contributed by atoms with van der Waals surface area (Å²) in [5.74, 6) is 1.29. The number of nitrogens with zero attached hydrogens (tertiary/aromatic N) is 3. The molecule has 1 saturated heterocycles. The number of aromatic nitrogens is 3. The highest BCUT2D eigenvalue weighted by Gasteiger charge is 2.30. The number of carbonyl (C=O) groups is 1. The Labute approximate surface area is 143 Å². The van der Waals surface area contributed by atoms with Crippen LogP contribution < -0.4 is 0 Å². The van der Waals surface area contributed by atoms with E-state index in [0.29, 0.717) is 17.9 Å². The maximum Gasteiger partial charge on any atom is 0.251 e. The van der Waals surface area contributed by atoms with Gasteiger partial charge in [-0.05, 0) is 45.3 Å². The predicted octanol–water partition coefficient (Wildman–Crippen LogP) is 2.87. The van der Waals surface area contributed by atoms with Crippen LogP contribution in [-0.2, 0) is 16.1 Å². The van der Waals surface area contributed by atoms with Gasteiger partial charge in [-0.1, -0.05) is 13.3 Å². The standard InChI is InChI=1S/C16H28N4O2S/c1-4-6-10-22-12(3)15(21)19-9-7-8-13(11-19)14-17-18-16(23)20(14)5-2/h12-13H,4-11H2,1-3H3,(H,18,23)/t12-,13-/m1/s1. The van der Waals surface area contributed by atoms with Crippen molar-refractivity contribution in [3.05, 3.63) is 10.6 Å². The molecule has 23 heavy (non-hydrogen) atoms. The highest BCUT2D eigenvalue weighted by Crippen LogP contribution is 2.26. The van der Waals surface area contributed by atoms with Gasteiger partial charge in [-0.25, -0.2) is 0 Å². The maximum atomic E-state index is 12.6. The minimum atomic E-state index is -0.368. The lowest BCUT2D eigenvalue weighted by molar-refractivity contribution is -0.144. The van der Waals surface area contributed by atoms with E-state index in [9.17, 15) is 4.79 Å². The topological polar surface area (TPSA) is 63.1 Å². The number of hydrogen-bond donors (Lipinski definition) is 1. The summed E-state index contributed by atoms with van der Waals surface area (Å²) in [4.78, 5) is 14.5. The van der Waals surface area contributed by atoms with Gasteiger partial charge in [-0.15, -0.1) is 0 Å². The number of nitrogens with one attached hydrogen (secondary N) is 1. The lowest BCUT2D eigenvalue weighted by atomic mass is 9.96. The average Bonchev–Trinajstić information content (AvgIpc) is 2.95. The van der Waals surface area contributed by atoms with Crippen molar-refractivity contribution >= 4 is 18.1 Å². The molecule has 0 aliphatic carbocycles. The number of H-pyrrole nitrogens is 1. The van der Waals surface area contributed by atoms with Crippen LogP contribution in [0, 0.1) is 4.77 Å². The number of piperidine rings is 1. The van der Waals surface area contributed by atoms with Gasteiger partial charge in [-0.2, -0.15) is 5.10 Å². The highest BCUT2D eigenvalue weighted by atomic mass is 32.1. The normalized spacial score (nSPS) is 19.8. The summed E-state index contributed by atoms with van der Waals surface area (Å²) >= 11 is 5.27. The Morgan fingerprint density at radius 2 is 2.30 bits per heavy atom. The summed E-state index contributed by atoms with van der Waals surface area (Å²) in [6.45, 7) is 8.97. The van der Waals surface area contributed by atoms with E-state index in [1.54, 1.807) is 0 Å². The molecule has 2 atom stereocenters. The average molecular weight is 340 g/mol. The van der Waals surface area contributed by atoms with Crippen molar-refractivity contribution in [1.29, 1.82) is 0 Å². The summed E-state index contributed by atoms with van der Waals surface area (Å²) in [6, 6.07) is 0. The number of rotatable bonds is 7. The van der Waals surface area contributed by atoms with Gasteiger partial charge >= 0.3 is 0 Å². The van der Waals surface area contributed by atoms with E-state index in [1.807, 2.05) is 16.4 Å². The molecule has 1 amide bonds. The predicted molar refractivity (Wildman–Crippen MR) is 92.0 cm³/mol. The third kappa shape index (κ3) is 4.41. The van der Waals surface area contributed by atoms with E-state index in [0.717, 1.165) is 44.6 Å². The first-order valence-electron chi connectivity index (χ1n) is 8.63. The van der Waals surface area contributed by atoms with Crippen LogP contribution in [0.25, 0.3) is 0 Å². The molecular formula is C16H28N4O2S. The Bertz CT molecular complexity index is 569. The van der Waals surface area contributed by atoms with Crippen molar-refractivity contribution < 1.29 is 9.53 Å². The number of hydrogen-bond acceptors (Lipinski definition) is 4. The third-order valence-electron chi connectivity index (χ3n) is 4.42. The van der Waals surface area contributed by atoms with E-state index in [2.05, 4.69) is 24.0 Å². The number of carbonyl (C=O) groups excluding carboxylic acids is 1. The van der Waals surface area contributed by atoms with Crippen molar-refractivity contribution in [3.63, 3.8) is 0 Å². The second-order valence-corrected chi connectivity index (χ2v) is 6.51. The molecule has 0 bridgehead atoms. The molecule has 1 aromatic rings. The Hall–Kier alpha value is -1.21. The van der Waals surface area contributed by atoms with Crippen molar-refractivity contribution in [2.24, 2.45) is 0 Å². The lowest BCUT2D eigenvalue weighted by Gasteiger charge is -2.33. The minimum Gasteiger partial charge on any atom is -0.369 e. The first-order valence-corrected chi connectivity index (χ1v) is 9.04. The fourth-order valence-electron chi connectivity index (χ4n) is 3.07. The highest BCUT2D eigenvalue weighted by molar-refractivity contribution is 7.71. The Morgan fingerprint density at radius 1 is 1.52 bits per heavy atom. The van der Waals surface area contributed by atoms with E-state index in [4.69, 9.17) is 17.0 Å². The SMILES string of the molecule is CCCCO[C@H](C)C(=O)N1CCC[C@@H](c2n[nH]c(=S)n2CC)C1. The minimum absolute atomic E-state index is 0.0861. The molecule has 130 valence electrons. The Balaban J connectivity index is 2.00. The summed E-state index contributed by atoms with van der Waals surface area (Å²) in [5, 5.41) is 7.26. The second-order valence-electron chi connectivity index (χ2n) is 6.12. The molecule has 1 aromatic heterocycles. The van der Waals surface area contributed by atoms with Gasteiger partial charge < -0.3 is 14.2 Å². The van der Waals surface area contributed by atoms with Crippen molar-refractivity contribution in [3.8, 4) is 0 Å². The van der Waals surface area contributed by atoms with Gasteiger partial charge in [0.15, 0.2) is 4.77 Å². The molecule has 0 spiro atoms. The van der Waals surface area contributed by atoms with Crippen LogP contribution in [-0.4, -0.2) is 51.4 Å². The van der Waals surface area contributed by atoms with Gasteiger partial charge in [-0.3, -0.25) is 9.89 Å². The summed E-state index contributed by atoms with van der Waals surface area (Å²) in [5.41, 5.74) is 0. The zero-order valence-electron chi connectivity index (χ0n) is 14.4. The van der Waals surface area contributed by atoms with Crippen molar-refractivity contribution in [2.75, 3.05) is 19.7 Å². The maximum absolute atomic E-state index is 12.6. The zero-order valence-corrected chi connectivity index (χ0v) is 15.2. The number of amides is 1. The number of aromatic amines is 1. The second kappa shape index (κ2) is 8.59. The molecule has 0 saturated carbocycles. The molecule has 1 aliphatic rings. The molecule has 2 rings (SSSR count). The monoisotopic (exact) mass is 340 g/mol. The molecule has 0 aromatic carbocycles. The van der Waals surface area contributed by atoms with Crippen LogP contribution in [0.2, 0.25) is 0 Å². The Kier molecular flexibility index (Phi) is 6.77. The van der Waals surface area contributed by atoms with Crippen LogP contribution in [0.5, 0.6) is 0 Å². The summed E-state index contributed by atoms with van der Waals surface area (Å²) in [7, 11) is 0. The van der Waals surface area contributed by atoms with Crippen molar-refractivity contribution in [1.82, 2.24) is 19.7 Å². The molecule has 1 fully saturated rings. The lowest BCUT2D eigenvalue weighted by Crippen LogP contribution is -2.44. The fraction of sp³-hybridized carbons (Fsp3) is 0.812. The number of likely N-dealkylation sites (tertiary alicyclic amines) is 1. The van der Waals surface area contributed by atoms with Crippen LogP contribution in [0.1, 0.15) is 58.2 Å². The smallest absolute Gasteiger partial charge is 0.251 e. The van der Waals surface area contributed by atoms with Crippen molar-refractivity contribution in [2.45, 2.75) is 65.0 Å². The molecular weight excluding hydrogens is 312 g/mol. The van der Waals surface area contributed by atoms with Gasteiger partial charge in [0, 0.05) is 32.2 Å². The molecule has 2 heterocycles. The van der Waals surface area contributed by atoms with Crippen LogP contribution >= 0.6 is 12.2 Å². The Morgan fingerprint density at radius 3 is 3.00 bits per heavy atom. The molecule has 0 unspecified atom stereocenters. The van der Waals surface area contributed by atoms with E-state index in [1.165, 1.54) is 0 Å². The van der Waals surface area contributed by atoms with Crippen LogP contribution in [0.15, 0.2) is 0 Å². The molecule has 7 heteroatoms. The first-order chi connectivity index (χ1) is 11.1. The largest absolute Gasteiger partial charge is 0.369 e. The van der Waals surface area contributed by atoms with E-state index < -0.39 is 0 Å². The number of ether oxygens (including phenoxy) is 1. The van der Waals surface area contributed by atoms with Crippen LogP contribution in [0.4, 0.5) is 0 Å². The fourth-order valence-corrected chi connectivity index (χ4v) is 3.34. The zero-order chi connectivity index (χ0) is 16.8. The summed E-state index contributed by atoms with van der Waals surface area (Å²) in [6.07, 6.45) is 3.72. The molecule has 1 aliphatic heterocycles. The first kappa shape index (κ1) is 18.1. The van der Waals surface area contributed by atoms with E-state index >= 15 is 0 Å². The van der Waals surface area contributed by atoms with Gasteiger partial charge in [0.25, 0.3) is 5.91 Å². The molecule has 0 radical (unpaired) electrons. The summed E-state index contributed by atoms with van der Waals surface area (Å²) < 4.78 is 8.33. The third-order valence-corrected chi connectivity index (χ3v) is 4.73. The van der Waals surface area contributed by atoms with Crippen LogP contribution in [0.3, 0.4) is 0 Å². The van der Waals surface area contributed by atoms with E-state index in [-0.39, 0.29) is 17.9 Å². The molecule has 1 N–H and O–H groups in total. The van der Waals surface area contributed by atoms with Gasteiger partial charge in [0.05, 0.1) is 0 Å². The number of unbranched alkanes of at least 4 members (excludes halogenated alkanes) is 1. The quantitative estimate of drug-likeness (QED) is 0.612. The van der Waals surface area contributed by atoms with Gasteiger partial charge in [0.2, 0.25) is 0 Å².